The molecule has 0 heterocycles. The van der Waals surface area contributed by atoms with Gasteiger partial charge in [-0.25, -0.2) is 13.6 Å². The van der Waals surface area contributed by atoms with Gasteiger partial charge in [0, 0.05) is 23.9 Å². The van der Waals surface area contributed by atoms with Crippen molar-refractivity contribution in [2.24, 2.45) is 5.14 Å². The van der Waals surface area contributed by atoms with Crippen molar-refractivity contribution >= 4 is 15.7 Å². The van der Waals surface area contributed by atoms with E-state index in [4.69, 9.17) is 19.3 Å². The summed E-state index contributed by atoms with van der Waals surface area (Å²) in [4.78, 5) is 0.0664. The predicted molar refractivity (Wildman–Crippen MR) is 91.2 cm³/mol. The third-order valence-electron chi connectivity index (χ3n) is 3.45. The third kappa shape index (κ3) is 4.09. The smallest absolute Gasteiger partial charge is 0.238 e. The summed E-state index contributed by atoms with van der Waals surface area (Å²) in [6, 6.07) is 9.76. The standard InChI is InChI=1S/C16H20N2O5S/c1-21-14-9-16(23-3)15(22-2)8-11(14)10-18-12-4-6-13(7-5-12)24(17,19)20/h4-9,18H,10H2,1-3H3,(H2,17,19,20). The molecule has 2 rings (SSSR count). The lowest BCUT2D eigenvalue weighted by Gasteiger charge is -2.15. The number of nitrogens with two attached hydrogens (primary N) is 1. The number of anilines is 1. The zero-order chi connectivity index (χ0) is 17.7. The molecule has 0 radical (unpaired) electrons. The van der Waals surface area contributed by atoms with Crippen LogP contribution in [0.2, 0.25) is 0 Å². The van der Waals surface area contributed by atoms with Crippen molar-refractivity contribution < 1.29 is 22.6 Å². The number of methoxy groups -OCH3 is 3. The maximum atomic E-state index is 11.3. The van der Waals surface area contributed by atoms with E-state index in [1.54, 1.807) is 39.5 Å². The van der Waals surface area contributed by atoms with Crippen LogP contribution in [0.15, 0.2) is 41.3 Å². The first-order valence-electron chi connectivity index (χ1n) is 7.04. The number of nitrogens with one attached hydrogen (secondary N) is 1. The molecule has 0 aromatic heterocycles. The molecular weight excluding hydrogens is 332 g/mol. The highest BCUT2D eigenvalue weighted by molar-refractivity contribution is 7.89. The average molecular weight is 352 g/mol. The molecule has 130 valence electrons. The molecule has 0 aliphatic carbocycles. The molecule has 7 nitrogen and oxygen atoms in total. The summed E-state index contributed by atoms with van der Waals surface area (Å²) in [5, 5.41) is 8.27. The molecule has 2 aromatic rings. The molecule has 0 fully saturated rings. The second-order valence-electron chi connectivity index (χ2n) is 4.94. The summed E-state index contributed by atoms with van der Waals surface area (Å²) >= 11 is 0. The summed E-state index contributed by atoms with van der Waals surface area (Å²) in [7, 11) is 1.00. The highest BCUT2D eigenvalue weighted by Gasteiger charge is 2.12. The van der Waals surface area contributed by atoms with Crippen LogP contribution in [0.1, 0.15) is 5.56 Å². The first kappa shape index (κ1) is 17.9. The molecule has 24 heavy (non-hydrogen) atoms. The highest BCUT2D eigenvalue weighted by Crippen LogP contribution is 2.34. The Hall–Kier alpha value is -2.45. The number of hydrogen-bond donors (Lipinski definition) is 2. The fourth-order valence-corrected chi connectivity index (χ4v) is 2.71. The van der Waals surface area contributed by atoms with E-state index >= 15 is 0 Å². The van der Waals surface area contributed by atoms with Gasteiger partial charge < -0.3 is 19.5 Å². The van der Waals surface area contributed by atoms with E-state index in [-0.39, 0.29) is 4.90 Å². The second kappa shape index (κ2) is 7.41. The summed E-state index contributed by atoms with van der Waals surface area (Å²) in [6.45, 7) is 0.457. The molecule has 0 aliphatic heterocycles. The minimum Gasteiger partial charge on any atom is -0.496 e. The third-order valence-corrected chi connectivity index (χ3v) is 4.38. The van der Waals surface area contributed by atoms with Gasteiger partial charge in [0.25, 0.3) is 0 Å². The molecular formula is C16H20N2O5S. The molecule has 0 unspecified atom stereocenters. The summed E-state index contributed by atoms with van der Waals surface area (Å²) in [5.74, 6) is 1.83. The number of primary sulfonamides is 1. The van der Waals surface area contributed by atoms with Crippen molar-refractivity contribution in [1.82, 2.24) is 0 Å². The van der Waals surface area contributed by atoms with Crippen LogP contribution in [-0.2, 0) is 16.6 Å². The van der Waals surface area contributed by atoms with Gasteiger partial charge in [-0.15, -0.1) is 0 Å². The van der Waals surface area contributed by atoms with E-state index in [0.717, 1.165) is 11.3 Å². The predicted octanol–water partition coefficient (Wildman–Crippen LogP) is 1.97. The second-order valence-corrected chi connectivity index (χ2v) is 6.50. The van der Waals surface area contributed by atoms with Gasteiger partial charge in [0.15, 0.2) is 11.5 Å². The molecule has 0 bridgehead atoms. The Kier molecular flexibility index (Phi) is 5.53. The van der Waals surface area contributed by atoms with E-state index in [0.29, 0.717) is 23.8 Å². The molecule has 0 aliphatic rings. The van der Waals surface area contributed by atoms with Crippen molar-refractivity contribution in [3.05, 3.63) is 42.0 Å². The lowest BCUT2D eigenvalue weighted by Crippen LogP contribution is -2.12. The van der Waals surface area contributed by atoms with Crippen LogP contribution in [0.4, 0.5) is 5.69 Å². The molecule has 0 saturated heterocycles. The molecule has 2 aromatic carbocycles. The molecule has 0 spiro atoms. The maximum absolute atomic E-state index is 11.3. The average Bonchev–Trinajstić information content (AvgIpc) is 2.58. The molecule has 0 amide bonds. The topological polar surface area (TPSA) is 99.9 Å². The van der Waals surface area contributed by atoms with Gasteiger partial charge >= 0.3 is 0 Å². The van der Waals surface area contributed by atoms with Crippen LogP contribution >= 0.6 is 0 Å². The van der Waals surface area contributed by atoms with E-state index in [1.807, 2.05) is 6.07 Å². The van der Waals surface area contributed by atoms with Crippen molar-refractivity contribution in [2.45, 2.75) is 11.4 Å². The SMILES string of the molecule is COc1cc(OC)c(OC)cc1CNc1ccc(S(N)(=O)=O)cc1. The van der Waals surface area contributed by atoms with Crippen molar-refractivity contribution in [1.29, 1.82) is 0 Å². The lowest BCUT2D eigenvalue weighted by atomic mass is 10.1. The van der Waals surface area contributed by atoms with Crippen molar-refractivity contribution in [2.75, 3.05) is 26.6 Å². The minimum absolute atomic E-state index is 0.0664. The zero-order valence-electron chi connectivity index (χ0n) is 13.7. The Balaban J connectivity index is 2.19. The first-order chi connectivity index (χ1) is 11.4. The lowest BCUT2D eigenvalue weighted by molar-refractivity contribution is 0.347. The Morgan fingerprint density at radius 2 is 1.46 bits per heavy atom. The summed E-state index contributed by atoms with van der Waals surface area (Å²) < 4.78 is 38.4. The van der Waals surface area contributed by atoms with Gasteiger partial charge in [0.1, 0.15) is 5.75 Å². The number of benzene rings is 2. The summed E-state index contributed by atoms with van der Waals surface area (Å²) in [5.41, 5.74) is 1.62. The van der Waals surface area contributed by atoms with Crippen LogP contribution < -0.4 is 24.7 Å². The monoisotopic (exact) mass is 352 g/mol. The van der Waals surface area contributed by atoms with Crippen molar-refractivity contribution in [3.63, 3.8) is 0 Å². The highest BCUT2D eigenvalue weighted by atomic mass is 32.2. The van der Waals surface area contributed by atoms with E-state index in [9.17, 15) is 8.42 Å². The van der Waals surface area contributed by atoms with E-state index in [2.05, 4.69) is 5.32 Å². The van der Waals surface area contributed by atoms with Gasteiger partial charge in [-0.3, -0.25) is 0 Å². The fourth-order valence-electron chi connectivity index (χ4n) is 2.19. The first-order valence-corrected chi connectivity index (χ1v) is 8.59. The van der Waals surface area contributed by atoms with E-state index in [1.165, 1.54) is 12.1 Å². The fraction of sp³-hybridized carbons (Fsp3) is 0.250. The zero-order valence-corrected chi connectivity index (χ0v) is 14.5. The Morgan fingerprint density at radius 1 is 0.917 bits per heavy atom. The summed E-state index contributed by atoms with van der Waals surface area (Å²) in [6.07, 6.45) is 0. The molecule has 3 N–H and O–H groups in total. The van der Waals surface area contributed by atoms with Gasteiger partial charge in [-0.1, -0.05) is 0 Å². The number of ether oxygens (including phenoxy) is 3. The van der Waals surface area contributed by atoms with Crippen LogP contribution in [-0.4, -0.2) is 29.7 Å². The normalized spacial score (nSPS) is 11.0. The maximum Gasteiger partial charge on any atom is 0.238 e. The van der Waals surface area contributed by atoms with Crippen LogP contribution in [0.25, 0.3) is 0 Å². The van der Waals surface area contributed by atoms with Crippen LogP contribution in [0.5, 0.6) is 17.2 Å². The molecule has 8 heteroatoms. The Bertz CT molecular complexity index is 804. The van der Waals surface area contributed by atoms with Crippen LogP contribution in [0.3, 0.4) is 0 Å². The number of hydrogen-bond acceptors (Lipinski definition) is 6. The molecule has 0 saturated carbocycles. The van der Waals surface area contributed by atoms with Crippen molar-refractivity contribution in [3.8, 4) is 17.2 Å². The quantitative estimate of drug-likeness (QED) is 0.790. The number of rotatable bonds is 7. The van der Waals surface area contributed by atoms with Gasteiger partial charge in [0.2, 0.25) is 10.0 Å². The molecule has 0 atom stereocenters. The Morgan fingerprint density at radius 3 is 1.96 bits per heavy atom. The largest absolute Gasteiger partial charge is 0.496 e. The minimum atomic E-state index is -3.69. The van der Waals surface area contributed by atoms with Gasteiger partial charge in [-0.2, -0.15) is 0 Å². The van der Waals surface area contributed by atoms with E-state index < -0.39 is 10.0 Å². The van der Waals surface area contributed by atoms with Gasteiger partial charge in [-0.05, 0) is 30.3 Å². The Labute approximate surface area is 141 Å². The number of sulfonamides is 1. The van der Waals surface area contributed by atoms with Crippen LogP contribution in [0, 0.1) is 0 Å². The van der Waals surface area contributed by atoms with Gasteiger partial charge in [0.05, 0.1) is 26.2 Å².